The summed E-state index contributed by atoms with van der Waals surface area (Å²) in [6.07, 6.45) is 5.70. The van der Waals surface area contributed by atoms with Gasteiger partial charge in [-0.3, -0.25) is 9.78 Å². The number of hydrogen-bond donors (Lipinski definition) is 1. The molecule has 1 aromatic carbocycles. The zero-order chi connectivity index (χ0) is 21.3. The number of benzene rings is 1. The van der Waals surface area contributed by atoms with E-state index in [4.69, 9.17) is 0 Å². The number of carbonyl (C=O) groups is 1. The fourth-order valence-electron chi connectivity index (χ4n) is 3.25. The van der Waals surface area contributed by atoms with Gasteiger partial charge in [-0.15, -0.1) is 23.7 Å². The second kappa shape index (κ2) is 9.49. The fraction of sp³-hybridized carbons (Fsp3) is 0.238. The van der Waals surface area contributed by atoms with Crippen LogP contribution in [0.15, 0.2) is 42.4 Å². The highest BCUT2D eigenvalue weighted by Crippen LogP contribution is 2.30. The van der Waals surface area contributed by atoms with Gasteiger partial charge in [0.1, 0.15) is 17.2 Å². The van der Waals surface area contributed by atoms with E-state index in [9.17, 15) is 13.6 Å². The summed E-state index contributed by atoms with van der Waals surface area (Å²) in [4.78, 5) is 28.7. The van der Waals surface area contributed by atoms with Crippen LogP contribution in [0.4, 0.5) is 19.7 Å². The van der Waals surface area contributed by atoms with Crippen LogP contribution in [0.3, 0.4) is 0 Å². The van der Waals surface area contributed by atoms with Crippen LogP contribution in [0.25, 0.3) is 5.57 Å². The molecular formula is C21H20ClF2N5OS. The van der Waals surface area contributed by atoms with E-state index in [0.717, 1.165) is 40.7 Å². The summed E-state index contributed by atoms with van der Waals surface area (Å²) in [5.74, 6) is -2.66. The Morgan fingerprint density at radius 3 is 2.45 bits per heavy atom. The monoisotopic (exact) mass is 463 g/mol. The van der Waals surface area contributed by atoms with E-state index in [1.807, 2.05) is 13.1 Å². The van der Waals surface area contributed by atoms with E-state index in [-0.39, 0.29) is 18.2 Å². The number of aryl methyl sites for hydroxylation is 1. The molecule has 0 saturated carbocycles. The number of thiazole rings is 1. The van der Waals surface area contributed by atoms with E-state index in [1.165, 1.54) is 17.8 Å². The number of anilines is 2. The highest BCUT2D eigenvalue weighted by atomic mass is 35.5. The molecule has 162 valence electrons. The van der Waals surface area contributed by atoms with E-state index in [2.05, 4.69) is 32.1 Å². The van der Waals surface area contributed by atoms with Crippen molar-refractivity contribution in [3.8, 4) is 0 Å². The number of nitrogens with zero attached hydrogens (tertiary/aromatic N) is 4. The predicted molar refractivity (Wildman–Crippen MR) is 120 cm³/mol. The van der Waals surface area contributed by atoms with Gasteiger partial charge >= 0.3 is 0 Å². The smallest absolute Gasteiger partial charge is 0.262 e. The molecule has 4 rings (SSSR count). The van der Waals surface area contributed by atoms with Gasteiger partial charge in [-0.25, -0.2) is 18.7 Å². The molecule has 10 heteroatoms. The van der Waals surface area contributed by atoms with Gasteiger partial charge in [0.25, 0.3) is 5.91 Å². The Bertz CT molecular complexity index is 1110. The first-order valence-corrected chi connectivity index (χ1v) is 10.2. The van der Waals surface area contributed by atoms with Crippen molar-refractivity contribution < 1.29 is 13.6 Å². The van der Waals surface area contributed by atoms with Gasteiger partial charge in [0.2, 0.25) is 0 Å². The van der Waals surface area contributed by atoms with Crippen LogP contribution >= 0.6 is 23.7 Å². The summed E-state index contributed by atoms with van der Waals surface area (Å²) in [5, 5.41) is 3.36. The van der Waals surface area contributed by atoms with Crippen molar-refractivity contribution in [1.82, 2.24) is 15.0 Å². The average molecular weight is 464 g/mol. The summed E-state index contributed by atoms with van der Waals surface area (Å²) in [6.45, 7) is 5.65. The molecule has 0 fully saturated rings. The summed E-state index contributed by atoms with van der Waals surface area (Å²) < 4.78 is 27.6. The van der Waals surface area contributed by atoms with E-state index in [0.29, 0.717) is 12.2 Å². The number of halogens is 3. The number of hydrogen-bond acceptors (Lipinski definition) is 6. The molecule has 0 atom stereocenters. The van der Waals surface area contributed by atoms with Gasteiger partial charge in [-0.05, 0) is 38.0 Å². The van der Waals surface area contributed by atoms with Crippen LogP contribution < -0.4 is 10.2 Å². The van der Waals surface area contributed by atoms with Crippen molar-refractivity contribution in [2.75, 3.05) is 23.3 Å². The number of rotatable bonds is 4. The van der Waals surface area contributed by atoms with Crippen molar-refractivity contribution in [3.05, 3.63) is 70.1 Å². The first-order chi connectivity index (χ1) is 14.4. The third-order valence-corrected chi connectivity index (χ3v) is 5.87. The van der Waals surface area contributed by atoms with E-state index < -0.39 is 23.1 Å². The molecule has 0 spiro atoms. The SMILES string of the molecule is CC1=C(c2cnc(NC(=O)c3c(F)cccc3F)cn2)CN(c2ncc(C)s2)CC1.Cl. The minimum Gasteiger partial charge on any atom is -0.343 e. The lowest BCUT2D eigenvalue weighted by atomic mass is 9.99. The number of carbonyl (C=O) groups excluding carboxylic acids is 1. The lowest BCUT2D eigenvalue weighted by molar-refractivity contribution is 0.101. The molecule has 0 unspecified atom stereocenters. The molecular weight excluding hydrogens is 444 g/mol. The molecule has 6 nitrogen and oxygen atoms in total. The first kappa shape index (κ1) is 22.8. The highest BCUT2D eigenvalue weighted by molar-refractivity contribution is 7.15. The van der Waals surface area contributed by atoms with Gasteiger partial charge < -0.3 is 10.2 Å². The zero-order valence-electron chi connectivity index (χ0n) is 16.9. The third-order valence-electron chi connectivity index (χ3n) is 4.89. The van der Waals surface area contributed by atoms with Crippen molar-refractivity contribution in [2.45, 2.75) is 20.3 Å². The Balaban J connectivity index is 0.00000272. The Kier molecular flexibility index (Phi) is 6.97. The summed E-state index contributed by atoms with van der Waals surface area (Å²) in [7, 11) is 0. The van der Waals surface area contributed by atoms with Crippen LogP contribution in [0.1, 0.15) is 34.3 Å². The Morgan fingerprint density at radius 1 is 1.10 bits per heavy atom. The molecule has 0 saturated heterocycles. The second-order valence-corrected chi connectivity index (χ2v) is 8.23. The number of aromatic nitrogens is 3. The molecule has 1 amide bonds. The minimum absolute atomic E-state index is 0. The molecule has 2 aromatic heterocycles. The fourth-order valence-corrected chi connectivity index (χ4v) is 4.04. The first-order valence-electron chi connectivity index (χ1n) is 9.36. The summed E-state index contributed by atoms with van der Waals surface area (Å²) in [5.41, 5.74) is 2.32. The number of amides is 1. The van der Waals surface area contributed by atoms with E-state index in [1.54, 1.807) is 17.5 Å². The average Bonchev–Trinajstić information content (AvgIpc) is 3.15. The number of nitrogens with one attached hydrogen (secondary N) is 1. The van der Waals surface area contributed by atoms with Crippen LogP contribution in [0.2, 0.25) is 0 Å². The Hall–Kier alpha value is -2.91. The van der Waals surface area contributed by atoms with E-state index >= 15 is 0 Å². The maximum absolute atomic E-state index is 13.8. The molecule has 1 aliphatic rings. The molecule has 3 heterocycles. The molecule has 0 bridgehead atoms. The molecule has 1 N–H and O–H groups in total. The van der Waals surface area contributed by atoms with Crippen LogP contribution in [-0.2, 0) is 0 Å². The lowest BCUT2D eigenvalue weighted by Crippen LogP contribution is -2.31. The van der Waals surface area contributed by atoms with Gasteiger partial charge in [0.15, 0.2) is 10.9 Å². The van der Waals surface area contributed by atoms with Gasteiger partial charge in [0.05, 0.1) is 18.1 Å². The lowest BCUT2D eigenvalue weighted by Gasteiger charge is -2.29. The van der Waals surface area contributed by atoms with Gasteiger partial charge in [-0.1, -0.05) is 11.6 Å². The van der Waals surface area contributed by atoms with Crippen LogP contribution in [-0.4, -0.2) is 33.9 Å². The second-order valence-electron chi connectivity index (χ2n) is 7.02. The normalized spacial score (nSPS) is 13.7. The Morgan fingerprint density at radius 2 is 1.84 bits per heavy atom. The maximum atomic E-state index is 13.8. The standard InChI is InChI=1S/C21H19F2N5OS.ClH/c1-12-6-7-28(21-26-8-13(2)30-21)11-14(12)17-9-25-18(10-24-17)27-20(29)19-15(22)4-3-5-16(19)23;/h3-5,8-10H,6-7,11H2,1-2H3,(H,25,27,29);1H. The predicted octanol–water partition coefficient (Wildman–Crippen LogP) is 4.88. The van der Waals surface area contributed by atoms with Crippen LogP contribution in [0.5, 0.6) is 0 Å². The van der Waals surface area contributed by atoms with Crippen molar-refractivity contribution in [2.24, 2.45) is 0 Å². The van der Waals surface area contributed by atoms with Gasteiger partial charge in [0, 0.05) is 24.2 Å². The zero-order valence-corrected chi connectivity index (χ0v) is 18.5. The highest BCUT2D eigenvalue weighted by Gasteiger charge is 2.22. The molecule has 31 heavy (non-hydrogen) atoms. The van der Waals surface area contributed by atoms with Crippen LogP contribution in [0, 0.1) is 18.6 Å². The third kappa shape index (κ3) is 4.88. The van der Waals surface area contributed by atoms with Crippen molar-refractivity contribution in [3.63, 3.8) is 0 Å². The summed E-state index contributed by atoms with van der Waals surface area (Å²) >= 11 is 1.65. The maximum Gasteiger partial charge on any atom is 0.262 e. The van der Waals surface area contributed by atoms with Gasteiger partial charge in [-0.2, -0.15) is 0 Å². The van der Waals surface area contributed by atoms with Crippen molar-refractivity contribution >= 4 is 46.2 Å². The summed E-state index contributed by atoms with van der Waals surface area (Å²) in [6, 6.07) is 3.26. The minimum atomic E-state index is -0.933. The molecule has 0 radical (unpaired) electrons. The topological polar surface area (TPSA) is 71.0 Å². The molecule has 0 aliphatic carbocycles. The quantitative estimate of drug-likeness (QED) is 0.597. The molecule has 1 aliphatic heterocycles. The largest absolute Gasteiger partial charge is 0.343 e. The molecule has 3 aromatic rings. The Labute approximate surface area is 188 Å². The van der Waals surface area contributed by atoms with Crippen molar-refractivity contribution in [1.29, 1.82) is 0 Å².